The molecule has 0 saturated heterocycles. The van der Waals surface area contributed by atoms with Crippen LogP contribution in [-0.4, -0.2) is 16.9 Å². The molecule has 1 aliphatic rings. The lowest BCUT2D eigenvalue weighted by Crippen LogP contribution is -2.15. The molecule has 0 radical (unpaired) electrons. The summed E-state index contributed by atoms with van der Waals surface area (Å²) in [7, 11) is 0. The van der Waals surface area contributed by atoms with Crippen LogP contribution in [-0.2, 0) is 22.6 Å². The standard InChI is InChI=1S/C15H12N2O3/c18-14(8-10-4-6-16-7-5-10)17-13-3-1-2-11-12(13)9-20-15(11)19/h1-7H,8-9H2,(H,17,18). The third-order valence-electron chi connectivity index (χ3n) is 3.13. The minimum atomic E-state index is -0.342. The number of rotatable bonds is 3. The molecule has 0 atom stereocenters. The highest BCUT2D eigenvalue weighted by Crippen LogP contribution is 2.27. The summed E-state index contributed by atoms with van der Waals surface area (Å²) in [5.41, 5.74) is 2.78. The average Bonchev–Trinajstić information content (AvgIpc) is 2.83. The second-order valence-corrected chi connectivity index (χ2v) is 4.49. The molecule has 3 rings (SSSR count). The quantitative estimate of drug-likeness (QED) is 0.864. The fraction of sp³-hybridized carbons (Fsp3) is 0.133. The first-order chi connectivity index (χ1) is 9.74. The van der Waals surface area contributed by atoms with Crippen molar-refractivity contribution in [3.8, 4) is 0 Å². The summed E-state index contributed by atoms with van der Waals surface area (Å²) in [6.07, 6.45) is 3.56. The van der Waals surface area contributed by atoms with Crippen molar-refractivity contribution in [2.24, 2.45) is 0 Å². The number of benzene rings is 1. The number of hydrogen-bond donors (Lipinski definition) is 1. The largest absolute Gasteiger partial charge is 0.457 e. The van der Waals surface area contributed by atoms with Crippen LogP contribution in [0.3, 0.4) is 0 Å². The molecule has 0 bridgehead atoms. The number of amides is 1. The predicted molar refractivity (Wildman–Crippen MR) is 72.1 cm³/mol. The number of nitrogens with zero attached hydrogens (tertiary/aromatic N) is 1. The number of ether oxygens (including phenoxy) is 1. The third-order valence-corrected chi connectivity index (χ3v) is 3.13. The van der Waals surface area contributed by atoms with Gasteiger partial charge >= 0.3 is 5.97 Å². The molecule has 0 spiro atoms. The fourth-order valence-electron chi connectivity index (χ4n) is 2.15. The Hall–Kier alpha value is -2.69. The Kier molecular flexibility index (Phi) is 3.16. The van der Waals surface area contributed by atoms with Crippen LogP contribution in [0.25, 0.3) is 0 Å². The normalized spacial score (nSPS) is 12.7. The van der Waals surface area contributed by atoms with Gasteiger partial charge in [-0.3, -0.25) is 9.78 Å². The van der Waals surface area contributed by atoms with Gasteiger partial charge in [0, 0.05) is 23.6 Å². The molecule has 100 valence electrons. The monoisotopic (exact) mass is 268 g/mol. The topological polar surface area (TPSA) is 68.3 Å². The smallest absolute Gasteiger partial charge is 0.338 e. The van der Waals surface area contributed by atoms with Gasteiger partial charge in [-0.25, -0.2) is 4.79 Å². The molecule has 0 aliphatic carbocycles. The molecule has 2 aromatic rings. The van der Waals surface area contributed by atoms with E-state index in [9.17, 15) is 9.59 Å². The Bertz CT molecular complexity index is 668. The Morgan fingerprint density at radius 3 is 2.85 bits per heavy atom. The molecule has 0 fully saturated rings. The molecule has 0 saturated carbocycles. The highest BCUT2D eigenvalue weighted by molar-refractivity contribution is 5.99. The highest BCUT2D eigenvalue weighted by atomic mass is 16.5. The van der Waals surface area contributed by atoms with Crippen molar-refractivity contribution in [1.29, 1.82) is 0 Å². The van der Waals surface area contributed by atoms with Crippen molar-refractivity contribution in [3.63, 3.8) is 0 Å². The van der Waals surface area contributed by atoms with Crippen LogP contribution in [0.5, 0.6) is 0 Å². The van der Waals surface area contributed by atoms with Gasteiger partial charge in [0.1, 0.15) is 6.61 Å². The highest BCUT2D eigenvalue weighted by Gasteiger charge is 2.24. The zero-order valence-corrected chi connectivity index (χ0v) is 10.6. The lowest BCUT2D eigenvalue weighted by atomic mass is 10.1. The molecule has 1 aromatic heterocycles. The maximum atomic E-state index is 12.0. The first-order valence-electron chi connectivity index (χ1n) is 6.22. The number of anilines is 1. The third kappa shape index (κ3) is 2.38. The van der Waals surface area contributed by atoms with Gasteiger partial charge in [0.05, 0.1) is 12.0 Å². The van der Waals surface area contributed by atoms with Gasteiger partial charge in [-0.1, -0.05) is 6.07 Å². The first kappa shape index (κ1) is 12.3. The number of pyridine rings is 1. The van der Waals surface area contributed by atoms with E-state index in [1.807, 2.05) is 0 Å². The SMILES string of the molecule is O=C(Cc1ccncc1)Nc1cccc2c1COC2=O. The summed E-state index contributed by atoms with van der Waals surface area (Å²) in [5, 5.41) is 2.82. The molecule has 5 heteroatoms. The van der Waals surface area contributed by atoms with E-state index in [0.29, 0.717) is 11.3 Å². The van der Waals surface area contributed by atoms with Crippen molar-refractivity contribution in [2.45, 2.75) is 13.0 Å². The lowest BCUT2D eigenvalue weighted by molar-refractivity contribution is -0.115. The summed E-state index contributed by atoms with van der Waals surface area (Å²) < 4.78 is 4.97. The predicted octanol–water partition coefficient (Wildman–Crippen LogP) is 1.93. The van der Waals surface area contributed by atoms with E-state index < -0.39 is 0 Å². The summed E-state index contributed by atoms with van der Waals surface area (Å²) >= 11 is 0. The molecule has 1 N–H and O–H groups in total. The number of nitrogens with one attached hydrogen (secondary N) is 1. The number of fused-ring (bicyclic) bond motifs is 1. The van der Waals surface area contributed by atoms with Crippen LogP contribution in [0.4, 0.5) is 5.69 Å². The number of cyclic esters (lactones) is 1. The van der Waals surface area contributed by atoms with Crippen molar-refractivity contribution in [1.82, 2.24) is 4.98 Å². The Morgan fingerprint density at radius 2 is 2.05 bits per heavy atom. The van der Waals surface area contributed by atoms with E-state index in [4.69, 9.17) is 4.74 Å². The average molecular weight is 268 g/mol. The molecule has 2 heterocycles. The number of aromatic nitrogens is 1. The van der Waals surface area contributed by atoms with Gasteiger partial charge in [0.2, 0.25) is 5.91 Å². The number of carbonyl (C=O) groups is 2. The molecular formula is C15H12N2O3. The van der Waals surface area contributed by atoms with Gasteiger partial charge in [-0.05, 0) is 29.8 Å². The van der Waals surface area contributed by atoms with Gasteiger partial charge in [0.15, 0.2) is 0 Å². The van der Waals surface area contributed by atoms with E-state index in [0.717, 1.165) is 11.1 Å². The van der Waals surface area contributed by atoms with E-state index >= 15 is 0 Å². The summed E-state index contributed by atoms with van der Waals surface area (Å²) in [6.45, 7) is 0.208. The zero-order valence-electron chi connectivity index (χ0n) is 10.6. The van der Waals surface area contributed by atoms with Crippen LogP contribution in [0, 0.1) is 0 Å². The molecule has 20 heavy (non-hydrogen) atoms. The summed E-state index contributed by atoms with van der Waals surface area (Å²) in [5.74, 6) is -0.478. The van der Waals surface area contributed by atoms with Gasteiger partial charge in [-0.2, -0.15) is 0 Å². The second-order valence-electron chi connectivity index (χ2n) is 4.49. The fourth-order valence-corrected chi connectivity index (χ4v) is 2.15. The molecular weight excluding hydrogens is 256 g/mol. The lowest BCUT2D eigenvalue weighted by Gasteiger charge is -2.08. The van der Waals surface area contributed by atoms with E-state index in [1.165, 1.54) is 0 Å². The summed E-state index contributed by atoms with van der Waals surface area (Å²) in [4.78, 5) is 27.4. The van der Waals surface area contributed by atoms with Crippen LogP contribution in [0.1, 0.15) is 21.5 Å². The molecule has 1 aliphatic heterocycles. The minimum absolute atomic E-state index is 0.135. The van der Waals surface area contributed by atoms with Crippen LogP contribution in [0.2, 0.25) is 0 Å². The van der Waals surface area contributed by atoms with E-state index in [1.54, 1.807) is 42.7 Å². The van der Waals surface area contributed by atoms with E-state index in [2.05, 4.69) is 10.3 Å². The second kappa shape index (κ2) is 5.13. The summed E-state index contributed by atoms with van der Waals surface area (Å²) in [6, 6.07) is 8.78. The number of esters is 1. The first-order valence-corrected chi connectivity index (χ1v) is 6.22. The molecule has 5 nitrogen and oxygen atoms in total. The number of hydrogen-bond acceptors (Lipinski definition) is 4. The van der Waals surface area contributed by atoms with E-state index in [-0.39, 0.29) is 24.9 Å². The maximum absolute atomic E-state index is 12.0. The van der Waals surface area contributed by atoms with Crippen LogP contribution in [0.15, 0.2) is 42.7 Å². The molecule has 1 amide bonds. The van der Waals surface area contributed by atoms with Crippen molar-refractivity contribution in [3.05, 3.63) is 59.4 Å². The van der Waals surface area contributed by atoms with Crippen LogP contribution >= 0.6 is 0 Å². The van der Waals surface area contributed by atoms with Crippen molar-refractivity contribution < 1.29 is 14.3 Å². The van der Waals surface area contributed by atoms with Crippen LogP contribution < -0.4 is 5.32 Å². The van der Waals surface area contributed by atoms with Gasteiger partial charge in [-0.15, -0.1) is 0 Å². The van der Waals surface area contributed by atoms with Crippen molar-refractivity contribution in [2.75, 3.05) is 5.32 Å². The Labute approximate surface area is 115 Å². The molecule has 0 unspecified atom stereocenters. The molecule has 1 aromatic carbocycles. The minimum Gasteiger partial charge on any atom is -0.457 e. The van der Waals surface area contributed by atoms with Crippen molar-refractivity contribution >= 4 is 17.6 Å². The zero-order chi connectivity index (χ0) is 13.9. The Morgan fingerprint density at radius 1 is 1.25 bits per heavy atom. The number of carbonyl (C=O) groups excluding carboxylic acids is 2. The maximum Gasteiger partial charge on any atom is 0.338 e. The van der Waals surface area contributed by atoms with Gasteiger partial charge < -0.3 is 10.1 Å². The van der Waals surface area contributed by atoms with Gasteiger partial charge in [0.25, 0.3) is 0 Å². The Balaban J connectivity index is 1.76.